The number of hydrogen-bond acceptors (Lipinski definition) is 2. The molecule has 5 nitrogen and oxygen atoms in total. The van der Waals surface area contributed by atoms with Crippen molar-refractivity contribution in [3.8, 4) is 0 Å². The van der Waals surface area contributed by atoms with Gasteiger partial charge >= 0.3 is 6.03 Å². The molecule has 0 saturated heterocycles. The molecule has 0 unspecified atom stereocenters. The van der Waals surface area contributed by atoms with Gasteiger partial charge in [-0.05, 0) is 62.6 Å². The van der Waals surface area contributed by atoms with Crippen LogP contribution in [0.4, 0.5) is 10.5 Å². The Labute approximate surface area is 154 Å². The highest BCUT2D eigenvalue weighted by molar-refractivity contribution is 5.97. The minimum Gasteiger partial charge on any atom is -0.366 e. The number of nitrogens with two attached hydrogens (primary N) is 1. The van der Waals surface area contributed by atoms with E-state index in [9.17, 15) is 9.59 Å². The van der Waals surface area contributed by atoms with Gasteiger partial charge in [0.15, 0.2) is 0 Å². The number of nitrogens with one attached hydrogen (secondary N) is 2. The second-order valence-corrected chi connectivity index (χ2v) is 6.96. The van der Waals surface area contributed by atoms with Crippen molar-refractivity contribution >= 4 is 23.2 Å². The van der Waals surface area contributed by atoms with E-state index in [0.29, 0.717) is 11.3 Å². The molecule has 0 aromatic heterocycles. The molecule has 0 spiro atoms. The first-order valence-corrected chi connectivity index (χ1v) is 8.36. The van der Waals surface area contributed by atoms with Crippen molar-refractivity contribution in [2.75, 3.05) is 5.32 Å². The quantitative estimate of drug-likeness (QED) is 0.755. The van der Waals surface area contributed by atoms with Crippen LogP contribution in [0.3, 0.4) is 0 Å². The molecule has 0 radical (unpaired) electrons. The van der Waals surface area contributed by atoms with Crippen molar-refractivity contribution < 1.29 is 9.59 Å². The lowest BCUT2D eigenvalue weighted by Crippen LogP contribution is -2.43. The maximum Gasteiger partial charge on any atom is 0.319 e. The average molecular weight is 351 g/mol. The lowest BCUT2D eigenvalue weighted by Gasteiger charge is -2.27. The van der Waals surface area contributed by atoms with Gasteiger partial charge in [-0.3, -0.25) is 4.79 Å². The predicted octanol–water partition coefficient (Wildman–Crippen LogP) is 4.18. The molecule has 0 saturated carbocycles. The zero-order chi connectivity index (χ0) is 19.5. The van der Waals surface area contributed by atoms with Gasteiger partial charge in [0.05, 0.1) is 5.54 Å². The molecule has 136 valence electrons. The summed E-state index contributed by atoms with van der Waals surface area (Å²) in [6.45, 7) is 11.5. The molecular weight excluding hydrogens is 326 g/mol. The van der Waals surface area contributed by atoms with Crippen molar-refractivity contribution in [3.05, 3.63) is 71.3 Å². The summed E-state index contributed by atoms with van der Waals surface area (Å²) in [7, 11) is 0. The number of carbonyl (C=O) groups is 2. The van der Waals surface area contributed by atoms with Gasteiger partial charge in [0.1, 0.15) is 0 Å². The van der Waals surface area contributed by atoms with Crippen molar-refractivity contribution in [2.24, 2.45) is 5.73 Å². The van der Waals surface area contributed by atoms with Gasteiger partial charge in [-0.25, -0.2) is 4.79 Å². The maximum absolute atomic E-state index is 12.4. The lowest BCUT2D eigenvalue weighted by atomic mass is 9.92. The van der Waals surface area contributed by atoms with Crippen LogP contribution in [0.5, 0.6) is 0 Å². The fraction of sp³-hybridized carbons (Fsp3) is 0.238. The second-order valence-electron chi connectivity index (χ2n) is 6.96. The largest absolute Gasteiger partial charge is 0.366 e. The standard InChI is InChI=1S/C21H25N3O2/c1-13(2)15-7-6-8-16(11-15)21(4,5)24-20(26)23-17-10-9-14(3)18(12-17)19(22)25/h6-12H,1H2,2-5H3,(H2,22,25)(H2,23,24,26). The highest BCUT2D eigenvalue weighted by Gasteiger charge is 2.23. The third kappa shape index (κ3) is 4.51. The number of rotatable bonds is 5. The van der Waals surface area contributed by atoms with E-state index in [4.69, 9.17) is 5.73 Å². The van der Waals surface area contributed by atoms with Crippen LogP contribution in [0.2, 0.25) is 0 Å². The fourth-order valence-electron chi connectivity index (χ4n) is 2.66. The Morgan fingerprint density at radius 3 is 2.42 bits per heavy atom. The summed E-state index contributed by atoms with van der Waals surface area (Å²) in [4.78, 5) is 23.9. The normalized spacial score (nSPS) is 10.9. The summed E-state index contributed by atoms with van der Waals surface area (Å²) in [5.74, 6) is -0.525. The summed E-state index contributed by atoms with van der Waals surface area (Å²) in [6, 6.07) is 12.6. The Kier molecular flexibility index (Phi) is 5.50. The number of anilines is 1. The average Bonchev–Trinajstić information content (AvgIpc) is 2.56. The minimum absolute atomic E-state index is 0.366. The van der Waals surface area contributed by atoms with Gasteiger partial charge in [-0.15, -0.1) is 0 Å². The number of primary amides is 1. The van der Waals surface area contributed by atoms with E-state index in [0.717, 1.165) is 22.3 Å². The van der Waals surface area contributed by atoms with E-state index in [1.165, 1.54) is 0 Å². The summed E-state index contributed by atoms with van der Waals surface area (Å²) in [6.07, 6.45) is 0. The van der Waals surface area contributed by atoms with Crippen LogP contribution in [-0.4, -0.2) is 11.9 Å². The summed E-state index contributed by atoms with van der Waals surface area (Å²) >= 11 is 0. The molecule has 0 heterocycles. The van der Waals surface area contributed by atoms with E-state index in [-0.39, 0.29) is 6.03 Å². The van der Waals surface area contributed by atoms with Crippen LogP contribution in [0, 0.1) is 6.92 Å². The van der Waals surface area contributed by atoms with Gasteiger partial charge in [-0.2, -0.15) is 0 Å². The number of amides is 3. The van der Waals surface area contributed by atoms with Crippen molar-refractivity contribution in [2.45, 2.75) is 33.2 Å². The van der Waals surface area contributed by atoms with E-state index in [1.807, 2.05) is 45.0 Å². The van der Waals surface area contributed by atoms with Crippen molar-refractivity contribution in [1.29, 1.82) is 0 Å². The molecule has 2 rings (SSSR count). The predicted molar refractivity (Wildman–Crippen MR) is 106 cm³/mol. The van der Waals surface area contributed by atoms with Crippen LogP contribution in [0.15, 0.2) is 49.0 Å². The molecule has 0 aliphatic rings. The number of benzene rings is 2. The molecular formula is C21H25N3O2. The molecule has 4 N–H and O–H groups in total. The molecule has 5 heteroatoms. The third-order valence-electron chi connectivity index (χ3n) is 4.26. The number of aryl methyl sites for hydroxylation is 1. The molecule has 2 aromatic carbocycles. The van der Waals surface area contributed by atoms with Gasteiger partial charge in [0.2, 0.25) is 5.91 Å². The van der Waals surface area contributed by atoms with Crippen LogP contribution in [0.1, 0.15) is 47.8 Å². The monoisotopic (exact) mass is 351 g/mol. The Morgan fingerprint density at radius 1 is 1.12 bits per heavy atom. The molecule has 2 aromatic rings. The molecule has 26 heavy (non-hydrogen) atoms. The second kappa shape index (κ2) is 7.44. The Hall–Kier alpha value is -3.08. The Morgan fingerprint density at radius 2 is 1.81 bits per heavy atom. The highest BCUT2D eigenvalue weighted by atomic mass is 16.2. The third-order valence-corrected chi connectivity index (χ3v) is 4.26. The van der Waals surface area contributed by atoms with Crippen LogP contribution < -0.4 is 16.4 Å². The number of hydrogen-bond donors (Lipinski definition) is 3. The number of urea groups is 1. The SMILES string of the molecule is C=C(C)c1cccc(C(C)(C)NC(=O)Nc2ccc(C)c(C(N)=O)c2)c1. The topological polar surface area (TPSA) is 84.2 Å². The van der Waals surface area contributed by atoms with E-state index in [1.54, 1.807) is 25.1 Å². The van der Waals surface area contributed by atoms with Crippen LogP contribution >= 0.6 is 0 Å². The number of carbonyl (C=O) groups excluding carboxylic acids is 2. The first-order chi connectivity index (χ1) is 12.1. The summed E-state index contributed by atoms with van der Waals surface area (Å²) < 4.78 is 0. The molecule has 0 atom stereocenters. The summed E-state index contributed by atoms with van der Waals surface area (Å²) in [5.41, 5.74) is 9.38. The van der Waals surface area contributed by atoms with Crippen molar-refractivity contribution in [3.63, 3.8) is 0 Å². The Bertz CT molecular complexity index is 869. The van der Waals surface area contributed by atoms with Crippen molar-refractivity contribution in [1.82, 2.24) is 5.32 Å². The van der Waals surface area contributed by atoms with E-state index in [2.05, 4.69) is 17.2 Å². The molecule has 0 aliphatic carbocycles. The first kappa shape index (κ1) is 19.2. The first-order valence-electron chi connectivity index (χ1n) is 8.36. The lowest BCUT2D eigenvalue weighted by molar-refractivity contribution is 0.0999. The zero-order valence-electron chi connectivity index (χ0n) is 15.6. The van der Waals surface area contributed by atoms with Gasteiger partial charge in [-0.1, -0.05) is 36.4 Å². The maximum atomic E-state index is 12.4. The van der Waals surface area contributed by atoms with Gasteiger partial charge < -0.3 is 16.4 Å². The fourth-order valence-corrected chi connectivity index (χ4v) is 2.66. The molecule has 0 aliphatic heterocycles. The van der Waals surface area contributed by atoms with Crippen LogP contribution in [-0.2, 0) is 5.54 Å². The van der Waals surface area contributed by atoms with E-state index >= 15 is 0 Å². The molecule has 3 amide bonds. The molecule has 0 bridgehead atoms. The smallest absolute Gasteiger partial charge is 0.319 e. The van der Waals surface area contributed by atoms with E-state index < -0.39 is 11.4 Å². The van der Waals surface area contributed by atoms with Gasteiger partial charge in [0.25, 0.3) is 0 Å². The van der Waals surface area contributed by atoms with Gasteiger partial charge in [0, 0.05) is 11.3 Å². The molecule has 0 fully saturated rings. The number of allylic oxidation sites excluding steroid dienone is 1. The minimum atomic E-state index is -0.591. The summed E-state index contributed by atoms with van der Waals surface area (Å²) in [5, 5.41) is 5.71. The Balaban J connectivity index is 2.16. The highest BCUT2D eigenvalue weighted by Crippen LogP contribution is 2.24. The van der Waals surface area contributed by atoms with Crippen LogP contribution in [0.25, 0.3) is 5.57 Å². The zero-order valence-corrected chi connectivity index (χ0v) is 15.6.